The molecule has 1 aliphatic heterocycles. The summed E-state index contributed by atoms with van der Waals surface area (Å²) < 4.78 is 9.71. The maximum atomic E-state index is 10.8. The van der Waals surface area contributed by atoms with Crippen LogP contribution in [-0.4, -0.2) is 36.5 Å². The van der Waals surface area contributed by atoms with Crippen molar-refractivity contribution in [3.8, 4) is 0 Å². The lowest BCUT2D eigenvalue weighted by Gasteiger charge is -2.38. The number of carbonyl (C=O) groups is 2. The molecule has 0 aromatic rings. The topological polar surface area (TPSA) is 157 Å². The third kappa shape index (κ3) is 1.68. The quantitative estimate of drug-likeness (QED) is 0.362. The molecular weight excluding hydrogens is 192 g/mol. The molecule has 2 unspecified atom stereocenters. The van der Waals surface area contributed by atoms with E-state index < -0.39 is 36.5 Å². The number of ether oxygens (including phenoxy) is 2. The minimum absolute atomic E-state index is 0.415. The molecule has 1 aliphatic rings. The van der Waals surface area contributed by atoms with Crippen molar-refractivity contribution < 1.29 is 19.1 Å². The van der Waals surface area contributed by atoms with Crippen molar-refractivity contribution in [2.24, 2.45) is 22.9 Å². The van der Waals surface area contributed by atoms with Crippen molar-refractivity contribution in [1.82, 2.24) is 0 Å². The normalized spacial score (nSPS) is 37.9. The van der Waals surface area contributed by atoms with Crippen LogP contribution >= 0.6 is 0 Å². The summed E-state index contributed by atoms with van der Waals surface area (Å²) in [5.74, 6) is -1.80. The van der Waals surface area contributed by atoms with Crippen LogP contribution in [0, 0.1) is 0 Å². The van der Waals surface area contributed by atoms with Gasteiger partial charge in [0, 0.05) is 0 Å². The predicted octanol–water partition coefficient (Wildman–Crippen LogP) is -3.69. The molecule has 1 heterocycles. The van der Waals surface area contributed by atoms with E-state index in [-0.39, 0.29) is 0 Å². The lowest BCUT2D eigenvalue weighted by atomic mass is 10.1. The molecule has 0 spiro atoms. The van der Waals surface area contributed by atoms with Crippen LogP contribution in [0.4, 0.5) is 0 Å². The zero-order chi connectivity index (χ0) is 11.0. The van der Waals surface area contributed by atoms with Gasteiger partial charge < -0.3 is 20.9 Å². The summed E-state index contributed by atoms with van der Waals surface area (Å²) in [7, 11) is 0. The Morgan fingerprint density at radius 1 is 0.929 bits per heavy atom. The fourth-order valence-corrected chi connectivity index (χ4v) is 0.840. The summed E-state index contributed by atoms with van der Waals surface area (Å²) in [4.78, 5) is 21.6. The van der Waals surface area contributed by atoms with Gasteiger partial charge in [-0.2, -0.15) is 0 Å². The van der Waals surface area contributed by atoms with Crippen LogP contribution in [0.25, 0.3) is 0 Å². The van der Waals surface area contributed by atoms with Crippen molar-refractivity contribution >= 4 is 11.8 Å². The van der Waals surface area contributed by atoms with Crippen molar-refractivity contribution in [3.63, 3.8) is 0 Å². The Morgan fingerprint density at radius 3 is 1.36 bits per heavy atom. The SMILES string of the molecule is NC(=O)C1(N)COC(N)(C(N)=O)CO1. The first-order valence-electron chi connectivity index (χ1n) is 3.76. The molecule has 0 bridgehead atoms. The molecule has 0 saturated carbocycles. The number of hydrogen-bond donors (Lipinski definition) is 4. The average Bonchev–Trinajstić information content (AvgIpc) is 2.10. The monoisotopic (exact) mass is 204 g/mol. The smallest absolute Gasteiger partial charge is 0.267 e. The number of rotatable bonds is 2. The highest BCUT2D eigenvalue weighted by Gasteiger charge is 2.47. The molecule has 1 rings (SSSR count). The molecule has 8 heteroatoms. The maximum Gasteiger partial charge on any atom is 0.267 e. The molecule has 2 atom stereocenters. The highest BCUT2D eigenvalue weighted by Crippen LogP contribution is 2.17. The second-order valence-corrected chi connectivity index (χ2v) is 3.08. The number of hydrogen-bond acceptors (Lipinski definition) is 6. The molecule has 0 aromatic carbocycles. The Balaban J connectivity index is 2.71. The Bertz CT molecular complexity index is 243. The van der Waals surface area contributed by atoms with E-state index in [1.54, 1.807) is 0 Å². The van der Waals surface area contributed by atoms with Crippen LogP contribution in [0.15, 0.2) is 0 Å². The number of primary amides is 2. The Hall–Kier alpha value is -1.22. The molecule has 0 aromatic heterocycles. The van der Waals surface area contributed by atoms with E-state index in [9.17, 15) is 9.59 Å². The predicted molar refractivity (Wildman–Crippen MR) is 44.1 cm³/mol. The van der Waals surface area contributed by atoms with Gasteiger partial charge in [0.2, 0.25) is 11.4 Å². The van der Waals surface area contributed by atoms with E-state index in [4.69, 9.17) is 32.4 Å². The van der Waals surface area contributed by atoms with Gasteiger partial charge in [-0.1, -0.05) is 0 Å². The van der Waals surface area contributed by atoms with Gasteiger partial charge in [0.1, 0.15) is 13.2 Å². The Morgan fingerprint density at radius 2 is 1.21 bits per heavy atom. The first-order valence-corrected chi connectivity index (χ1v) is 3.76. The minimum Gasteiger partial charge on any atom is -0.366 e. The fraction of sp³-hybridized carbons (Fsp3) is 0.667. The van der Waals surface area contributed by atoms with Gasteiger partial charge in [-0.25, -0.2) is 0 Å². The van der Waals surface area contributed by atoms with E-state index >= 15 is 0 Å². The van der Waals surface area contributed by atoms with Crippen LogP contribution in [0.1, 0.15) is 0 Å². The summed E-state index contributed by atoms with van der Waals surface area (Å²) in [6.45, 7) is -0.830. The highest BCUT2D eigenvalue weighted by atomic mass is 16.6. The molecule has 0 aliphatic carbocycles. The third-order valence-electron chi connectivity index (χ3n) is 1.92. The van der Waals surface area contributed by atoms with Gasteiger partial charge in [-0.3, -0.25) is 21.1 Å². The fourth-order valence-electron chi connectivity index (χ4n) is 0.840. The molecule has 0 radical (unpaired) electrons. The van der Waals surface area contributed by atoms with Crippen molar-refractivity contribution in [3.05, 3.63) is 0 Å². The van der Waals surface area contributed by atoms with E-state index in [2.05, 4.69) is 0 Å². The summed E-state index contributed by atoms with van der Waals surface area (Å²) >= 11 is 0. The summed E-state index contributed by atoms with van der Waals surface area (Å²) in [6, 6.07) is 0. The molecule has 2 amide bonds. The molecule has 14 heavy (non-hydrogen) atoms. The number of amides is 2. The Labute approximate surface area is 79.5 Å². The molecule has 8 nitrogen and oxygen atoms in total. The maximum absolute atomic E-state index is 10.8. The van der Waals surface area contributed by atoms with Gasteiger partial charge in [-0.15, -0.1) is 0 Å². The van der Waals surface area contributed by atoms with Crippen LogP contribution in [0.5, 0.6) is 0 Å². The van der Waals surface area contributed by atoms with Crippen molar-refractivity contribution in [2.45, 2.75) is 11.4 Å². The largest absolute Gasteiger partial charge is 0.366 e. The van der Waals surface area contributed by atoms with Gasteiger partial charge in [-0.05, 0) is 0 Å². The average molecular weight is 204 g/mol. The molecule has 1 saturated heterocycles. The zero-order valence-electron chi connectivity index (χ0n) is 7.36. The van der Waals surface area contributed by atoms with E-state index in [1.807, 2.05) is 0 Å². The van der Waals surface area contributed by atoms with Crippen LogP contribution in [-0.2, 0) is 19.1 Å². The second kappa shape index (κ2) is 3.17. The first-order chi connectivity index (χ1) is 6.30. The van der Waals surface area contributed by atoms with Gasteiger partial charge in [0.25, 0.3) is 11.8 Å². The molecule has 80 valence electrons. The third-order valence-corrected chi connectivity index (χ3v) is 1.92. The highest BCUT2D eigenvalue weighted by molar-refractivity contribution is 5.85. The Kier molecular flexibility index (Phi) is 2.46. The molecule has 8 N–H and O–H groups in total. The summed E-state index contributed by atoms with van der Waals surface area (Å²) in [5, 5.41) is 0. The summed E-state index contributed by atoms with van der Waals surface area (Å²) in [5.41, 5.74) is 17.2. The van der Waals surface area contributed by atoms with Gasteiger partial charge in [0.05, 0.1) is 0 Å². The first kappa shape index (κ1) is 10.9. The van der Waals surface area contributed by atoms with Crippen LogP contribution < -0.4 is 22.9 Å². The van der Waals surface area contributed by atoms with Gasteiger partial charge >= 0.3 is 0 Å². The van der Waals surface area contributed by atoms with Crippen LogP contribution in [0.2, 0.25) is 0 Å². The van der Waals surface area contributed by atoms with E-state index in [0.29, 0.717) is 0 Å². The number of nitrogens with two attached hydrogens (primary N) is 4. The second-order valence-electron chi connectivity index (χ2n) is 3.08. The number of carbonyl (C=O) groups excluding carboxylic acids is 2. The zero-order valence-corrected chi connectivity index (χ0v) is 7.36. The van der Waals surface area contributed by atoms with Crippen LogP contribution in [0.3, 0.4) is 0 Å². The van der Waals surface area contributed by atoms with E-state index in [0.717, 1.165) is 0 Å². The molecular formula is C6H12N4O4. The van der Waals surface area contributed by atoms with E-state index in [1.165, 1.54) is 0 Å². The van der Waals surface area contributed by atoms with Gasteiger partial charge in [0.15, 0.2) is 0 Å². The lowest BCUT2D eigenvalue weighted by Crippen LogP contribution is -2.70. The standard InChI is InChI=1S/C6H12N4O4/c7-3(11)5(9)1-13-6(10,2-14-5)4(8)12/h1-2,9-10H2,(H2,7,11)(H2,8,12). The minimum atomic E-state index is -1.75. The summed E-state index contributed by atoms with van der Waals surface area (Å²) in [6.07, 6.45) is 0. The van der Waals surface area contributed by atoms with Crippen molar-refractivity contribution in [1.29, 1.82) is 0 Å². The van der Waals surface area contributed by atoms with Crippen molar-refractivity contribution in [2.75, 3.05) is 13.2 Å². The lowest BCUT2D eigenvalue weighted by molar-refractivity contribution is -0.224. The molecule has 1 fully saturated rings.